The van der Waals surface area contributed by atoms with Gasteiger partial charge in [0.1, 0.15) is 22.6 Å². The molecule has 0 aliphatic heterocycles. The predicted octanol–water partition coefficient (Wildman–Crippen LogP) is 4.17. The number of hydrogen-bond donors (Lipinski definition) is 3. The predicted molar refractivity (Wildman–Crippen MR) is 85.5 cm³/mol. The Morgan fingerprint density at radius 3 is 1.90 bits per heavy atom. The topological polar surface area (TPSA) is 95.9 Å². The molecule has 0 atom stereocenters. The van der Waals surface area contributed by atoms with E-state index in [4.69, 9.17) is 0 Å². The Kier molecular flexibility index (Phi) is 5.67. The van der Waals surface area contributed by atoms with Crippen LogP contribution >= 0.6 is 0 Å². The number of aromatic hydroxyl groups is 2. The summed E-state index contributed by atoms with van der Waals surface area (Å²) in [5, 5.41) is 21.5. The van der Waals surface area contributed by atoms with Crippen LogP contribution in [0.15, 0.2) is 30.3 Å². The van der Waals surface area contributed by atoms with Gasteiger partial charge >= 0.3 is 18.3 Å². The maximum atomic E-state index is 12.9. The summed E-state index contributed by atoms with van der Waals surface area (Å²) in [5.74, 6) is -4.51. The summed E-state index contributed by atoms with van der Waals surface area (Å²) in [7, 11) is 0.954. The molecule has 0 unspecified atom stereocenters. The number of carbonyl (C=O) groups is 2. The lowest BCUT2D eigenvalue weighted by Crippen LogP contribution is -2.17. The molecule has 3 N–H and O–H groups in total. The van der Waals surface area contributed by atoms with Crippen LogP contribution in [0.25, 0.3) is 0 Å². The molecule has 0 heterocycles. The van der Waals surface area contributed by atoms with Gasteiger partial charge in [-0.1, -0.05) is 0 Å². The second kappa shape index (κ2) is 7.53. The van der Waals surface area contributed by atoms with Gasteiger partial charge in [0.05, 0.1) is 18.2 Å². The van der Waals surface area contributed by atoms with Crippen molar-refractivity contribution in [3.05, 3.63) is 52.6 Å². The Labute approximate surface area is 158 Å². The van der Waals surface area contributed by atoms with E-state index in [-0.39, 0.29) is 18.2 Å². The average Bonchev–Trinajstić information content (AvgIpc) is 2.59. The fourth-order valence-corrected chi connectivity index (χ4v) is 2.30. The summed E-state index contributed by atoms with van der Waals surface area (Å²) >= 11 is 0. The molecule has 0 aliphatic carbocycles. The molecule has 0 saturated heterocycles. The number of esters is 1. The van der Waals surface area contributed by atoms with Crippen molar-refractivity contribution in [2.45, 2.75) is 12.4 Å². The highest BCUT2D eigenvalue weighted by Crippen LogP contribution is 2.38. The largest absolute Gasteiger partial charge is 0.507 e. The normalized spacial score (nSPS) is 11.8. The van der Waals surface area contributed by atoms with E-state index in [9.17, 15) is 46.1 Å². The van der Waals surface area contributed by atoms with Gasteiger partial charge in [0.15, 0.2) is 0 Å². The fraction of sp³-hybridized carbons (Fsp3) is 0.176. The highest BCUT2D eigenvalue weighted by Gasteiger charge is 2.37. The standard InChI is InChI=1S/C17H11F6NO5/c1-29-15(28)10-2-3-11(25)12(13(10)26)14(27)24-9-5-7(16(18,19)20)4-8(6-9)17(21,22)23/h2-6,25-26H,1H3,(H,24,27). The number of methoxy groups -OCH3 is 1. The number of nitrogens with one attached hydrogen (secondary N) is 1. The first-order chi connectivity index (χ1) is 13.3. The monoisotopic (exact) mass is 423 g/mol. The second-order valence-electron chi connectivity index (χ2n) is 5.60. The van der Waals surface area contributed by atoms with E-state index in [0.29, 0.717) is 0 Å². The van der Waals surface area contributed by atoms with Crippen molar-refractivity contribution < 1.29 is 50.9 Å². The van der Waals surface area contributed by atoms with Gasteiger partial charge in [-0.15, -0.1) is 0 Å². The van der Waals surface area contributed by atoms with Gasteiger partial charge in [-0.3, -0.25) is 4.79 Å². The van der Waals surface area contributed by atoms with E-state index in [2.05, 4.69) is 4.74 Å². The van der Waals surface area contributed by atoms with Crippen molar-refractivity contribution in [3.8, 4) is 11.5 Å². The SMILES string of the molecule is COC(=O)c1ccc(O)c(C(=O)Nc2cc(C(F)(F)F)cc(C(F)(F)F)c2)c1O. The molecule has 29 heavy (non-hydrogen) atoms. The summed E-state index contributed by atoms with van der Waals surface area (Å²) < 4.78 is 81.7. The van der Waals surface area contributed by atoms with Crippen molar-refractivity contribution in [1.29, 1.82) is 0 Å². The quantitative estimate of drug-likeness (QED) is 0.509. The van der Waals surface area contributed by atoms with E-state index in [0.717, 1.165) is 19.2 Å². The minimum atomic E-state index is -5.14. The number of carbonyl (C=O) groups excluding carboxylic acids is 2. The number of rotatable bonds is 3. The van der Waals surface area contributed by atoms with Crippen LogP contribution < -0.4 is 5.32 Å². The maximum Gasteiger partial charge on any atom is 0.416 e. The first-order valence-electron chi connectivity index (χ1n) is 7.49. The summed E-state index contributed by atoms with van der Waals surface area (Å²) in [4.78, 5) is 23.8. The number of amides is 1. The van der Waals surface area contributed by atoms with Gasteiger partial charge in [0.25, 0.3) is 5.91 Å². The second-order valence-corrected chi connectivity index (χ2v) is 5.60. The molecule has 0 aromatic heterocycles. The number of alkyl halides is 6. The number of ether oxygens (including phenoxy) is 1. The molecule has 2 aromatic carbocycles. The van der Waals surface area contributed by atoms with Gasteiger partial charge in [-0.2, -0.15) is 26.3 Å². The van der Waals surface area contributed by atoms with Gasteiger partial charge in [0.2, 0.25) is 0 Å². The first kappa shape index (κ1) is 21.9. The molecule has 6 nitrogen and oxygen atoms in total. The Hall–Kier alpha value is -3.44. The van der Waals surface area contributed by atoms with Crippen molar-refractivity contribution in [3.63, 3.8) is 0 Å². The van der Waals surface area contributed by atoms with Crippen LogP contribution in [-0.2, 0) is 17.1 Å². The van der Waals surface area contributed by atoms with Crippen LogP contribution in [0.3, 0.4) is 0 Å². The Morgan fingerprint density at radius 1 is 0.931 bits per heavy atom. The van der Waals surface area contributed by atoms with E-state index < -0.39 is 63.7 Å². The summed E-state index contributed by atoms with van der Waals surface area (Å²) in [6, 6.07) is 2.06. The average molecular weight is 423 g/mol. The van der Waals surface area contributed by atoms with Gasteiger partial charge in [-0.05, 0) is 30.3 Å². The Morgan fingerprint density at radius 2 is 1.45 bits per heavy atom. The van der Waals surface area contributed by atoms with Gasteiger partial charge in [-0.25, -0.2) is 4.79 Å². The van der Waals surface area contributed by atoms with Crippen molar-refractivity contribution in [2.24, 2.45) is 0 Å². The molecule has 0 spiro atoms. The van der Waals surface area contributed by atoms with Gasteiger partial charge < -0.3 is 20.3 Å². The molecular weight excluding hydrogens is 412 g/mol. The lowest BCUT2D eigenvalue weighted by atomic mass is 10.1. The minimum absolute atomic E-state index is 0.136. The first-order valence-corrected chi connectivity index (χ1v) is 7.49. The molecular formula is C17H11F6NO5. The van der Waals surface area contributed by atoms with Crippen LogP contribution in [0.4, 0.5) is 32.0 Å². The zero-order valence-electron chi connectivity index (χ0n) is 14.3. The molecule has 12 heteroatoms. The number of phenols is 2. The molecule has 1 amide bonds. The third kappa shape index (κ3) is 4.70. The van der Waals surface area contributed by atoms with E-state index in [1.165, 1.54) is 0 Å². The molecule has 0 fully saturated rings. The maximum absolute atomic E-state index is 12.9. The number of hydrogen-bond acceptors (Lipinski definition) is 5. The number of phenolic OH excluding ortho intramolecular Hbond substituents is 2. The molecule has 2 aromatic rings. The lowest BCUT2D eigenvalue weighted by molar-refractivity contribution is -0.143. The third-order valence-corrected chi connectivity index (χ3v) is 3.63. The van der Waals surface area contributed by atoms with E-state index in [1.807, 2.05) is 0 Å². The number of anilines is 1. The zero-order chi connectivity index (χ0) is 22.1. The van der Waals surface area contributed by atoms with Crippen molar-refractivity contribution in [2.75, 3.05) is 12.4 Å². The number of halogens is 6. The highest BCUT2D eigenvalue weighted by molar-refractivity contribution is 6.10. The highest BCUT2D eigenvalue weighted by atomic mass is 19.4. The molecule has 0 radical (unpaired) electrons. The van der Waals surface area contributed by atoms with E-state index >= 15 is 0 Å². The van der Waals surface area contributed by atoms with Crippen LogP contribution in [0.2, 0.25) is 0 Å². The van der Waals surface area contributed by atoms with Crippen LogP contribution in [-0.4, -0.2) is 29.2 Å². The fourth-order valence-electron chi connectivity index (χ4n) is 2.30. The zero-order valence-corrected chi connectivity index (χ0v) is 14.3. The Balaban J connectivity index is 2.52. The van der Waals surface area contributed by atoms with Crippen molar-refractivity contribution >= 4 is 17.6 Å². The summed E-state index contributed by atoms with van der Waals surface area (Å²) in [6.45, 7) is 0. The van der Waals surface area contributed by atoms with Crippen LogP contribution in [0, 0.1) is 0 Å². The smallest absolute Gasteiger partial charge is 0.416 e. The van der Waals surface area contributed by atoms with Crippen LogP contribution in [0.1, 0.15) is 31.8 Å². The lowest BCUT2D eigenvalue weighted by Gasteiger charge is -2.15. The summed E-state index contributed by atoms with van der Waals surface area (Å²) in [5.41, 5.74) is -5.77. The molecule has 0 aliphatic rings. The minimum Gasteiger partial charge on any atom is -0.507 e. The van der Waals surface area contributed by atoms with Crippen molar-refractivity contribution in [1.82, 2.24) is 0 Å². The van der Waals surface area contributed by atoms with Crippen LogP contribution in [0.5, 0.6) is 11.5 Å². The van der Waals surface area contributed by atoms with E-state index in [1.54, 1.807) is 5.32 Å². The Bertz CT molecular complexity index is 936. The third-order valence-electron chi connectivity index (χ3n) is 3.63. The molecule has 156 valence electrons. The van der Waals surface area contributed by atoms with Gasteiger partial charge in [0, 0.05) is 5.69 Å². The molecule has 2 rings (SSSR count). The molecule has 0 bridgehead atoms. The molecule has 0 saturated carbocycles. The summed E-state index contributed by atoms with van der Waals surface area (Å²) in [6.07, 6.45) is -10.3. The number of benzene rings is 2.